The predicted octanol–water partition coefficient (Wildman–Crippen LogP) is 3.88. The Hall–Kier alpha value is -2.76. The normalized spacial score (nSPS) is 11.3. The van der Waals surface area contributed by atoms with Crippen LogP contribution in [0.2, 0.25) is 5.02 Å². The summed E-state index contributed by atoms with van der Waals surface area (Å²) in [6, 6.07) is 16.2. The second-order valence-corrected chi connectivity index (χ2v) is 6.46. The Bertz CT molecular complexity index is 1140. The molecule has 0 saturated carbocycles. The molecule has 0 spiro atoms. The molecule has 4 aromatic rings. The van der Waals surface area contributed by atoms with Crippen molar-refractivity contribution in [2.45, 2.75) is 13.0 Å². The topological polar surface area (TPSA) is 67.9 Å². The largest absolute Gasteiger partial charge is 0.373 e. The third-order valence-electron chi connectivity index (χ3n) is 4.16. The van der Waals surface area contributed by atoms with Gasteiger partial charge in [0.05, 0.1) is 17.0 Å². The number of benzene rings is 2. The van der Waals surface area contributed by atoms with Crippen LogP contribution in [0.5, 0.6) is 0 Å². The molecule has 0 aliphatic carbocycles. The lowest BCUT2D eigenvalue weighted by atomic mass is 10.1. The van der Waals surface area contributed by atoms with Crippen molar-refractivity contribution in [3.05, 3.63) is 81.5 Å². The van der Waals surface area contributed by atoms with Crippen LogP contribution >= 0.6 is 11.6 Å². The van der Waals surface area contributed by atoms with Crippen molar-refractivity contribution in [1.82, 2.24) is 15.0 Å². The summed E-state index contributed by atoms with van der Waals surface area (Å²) in [6.45, 7) is 0.761. The number of pyridine rings is 1. The Labute approximate surface area is 154 Å². The van der Waals surface area contributed by atoms with Gasteiger partial charge < -0.3 is 9.72 Å². The quantitative estimate of drug-likeness (QED) is 0.545. The SMILES string of the molecule is O=c1[nH]c(COCCc2ccc3ccccc3c2)nc2ncc(Cl)cc12. The number of hydrogen-bond donors (Lipinski definition) is 1. The number of nitrogens with one attached hydrogen (secondary N) is 1. The summed E-state index contributed by atoms with van der Waals surface area (Å²) in [4.78, 5) is 23.2. The minimum Gasteiger partial charge on any atom is -0.373 e. The zero-order valence-corrected chi connectivity index (χ0v) is 14.7. The van der Waals surface area contributed by atoms with Gasteiger partial charge in [0.15, 0.2) is 5.65 Å². The van der Waals surface area contributed by atoms with E-state index < -0.39 is 0 Å². The van der Waals surface area contributed by atoms with Gasteiger partial charge in [-0.05, 0) is 28.8 Å². The molecule has 6 heteroatoms. The number of hydrogen-bond acceptors (Lipinski definition) is 4. The fourth-order valence-corrected chi connectivity index (χ4v) is 3.02. The van der Waals surface area contributed by atoms with Gasteiger partial charge in [-0.25, -0.2) is 9.97 Å². The van der Waals surface area contributed by atoms with Crippen molar-refractivity contribution in [3.63, 3.8) is 0 Å². The van der Waals surface area contributed by atoms with E-state index in [1.54, 1.807) is 6.07 Å². The lowest BCUT2D eigenvalue weighted by molar-refractivity contribution is 0.118. The molecule has 0 aliphatic rings. The van der Waals surface area contributed by atoms with E-state index >= 15 is 0 Å². The number of aromatic amines is 1. The summed E-state index contributed by atoms with van der Waals surface area (Å²) >= 11 is 5.86. The van der Waals surface area contributed by atoms with E-state index in [0.29, 0.717) is 28.5 Å². The van der Waals surface area contributed by atoms with Crippen LogP contribution in [-0.2, 0) is 17.8 Å². The maximum Gasteiger partial charge on any atom is 0.260 e. The highest BCUT2D eigenvalue weighted by Crippen LogP contribution is 2.16. The zero-order valence-electron chi connectivity index (χ0n) is 13.9. The maximum atomic E-state index is 12.1. The molecule has 130 valence electrons. The summed E-state index contributed by atoms with van der Waals surface area (Å²) in [5.41, 5.74) is 1.31. The molecular formula is C20H16ClN3O2. The summed E-state index contributed by atoms with van der Waals surface area (Å²) in [6.07, 6.45) is 2.26. The van der Waals surface area contributed by atoms with Gasteiger partial charge in [-0.1, -0.05) is 54.1 Å². The third kappa shape index (κ3) is 3.59. The second kappa shape index (κ2) is 7.23. The van der Waals surface area contributed by atoms with Crippen molar-refractivity contribution in [1.29, 1.82) is 0 Å². The Morgan fingerprint density at radius 3 is 2.81 bits per heavy atom. The average molecular weight is 366 g/mol. The van der Waals surface area contributed by atoms with Crippen LogP contribution in [-0.4, -0.2) is 21.6 Å². The monoisotopic (exact) mass is 365 g/mol. The fraction of sp³-hybridized carbons (Fsp3) is 0.150. The van der Waals surface area contributed by atoms with E-state index in [-0.39, 0.29) is 12.2 Å². The lowest BCUT2D eigenvalue weighted by Crippen LogP contribution is -2.14. The Kier molecular flexibility index (Phi) is 4.65. The Morgan fingerprint density at radius 1 is 1.08 bits per heavy atom. The minimum atomic E-state index is -0.266. The van der Waals surface area contributed by atoms with Gasteiger partial charge in [0.25, 0.3) is 5.56 Å². The summed E-state index contributed by atoms with van der Waals surface area (Å²) in [5, 5.41) is 3.22. The van der Waals surface area contributed by atoms with Gasteiger partial charge >= 0.3 is 0 Å². The van der Waals surface area contributed by atoms with E-state index in [1.165, 1.54) is 22.5 Å². The molecule has 5 nitrogen and oxygen atoms in total. The van der Waals surface area contributed by atoms with Crippen molar-refractivity contribution in [2.75, 3.05) is 6.61 Å². The van der Waals surface area contributed by atoms with Crippen LogP contribution in [0, 0.1) is 0 Å². The van der Waals surface area contributed by atoms with E-state index in [1.807, 2.05) is 12.1 Å². The van der Waals surface area contributed by atoms with Gasteiger partial charge in [0.1, 0.15) is 12.4 Å². The number of fused-ring (bicyclic) bond motifs is 2. The number of rotatable bonds is 5. The standard InChI is InChI=1S/C20H16ClN3O2/c21-16-10-17-19(22-11-16)23-18(24-20(17)25)12-26-8-7-13-5-6-14-3-1-2-4-15(14)9-13/h1-6,9-11H,7-8,12H2,(H,22,23,24,25). The summed E-state index contributed by atoms with van der Waals surface area (Å²) < 4.78 is 5.68. The molecule has 0 aliphatic heterocycles. The lowest BCUT2D eigenvalue weighted by Gasteiger charge is -2.06. The molecule has 0 unspecified atom stereocenters. The first kappa shape index (κ1) is 16.7. The van der Waals surface area contributed by atoms with Crippen molar-refractivity contribution in [3.8, 4) is 0 Å². The van der Waals surface area contributed by atoms with Gasteiger partial charge in [0, 0.05) is 6.20 Å². The van der Waals surface area contributed by atoms with Gasteiger partial charge in [-0.15, -0.1) is 0 Å². The first-order valence-corrected chi connectivity index (χ1v) is 8.67. The second-order valence-electron chi connectivity index (χ2n) is 6.02. The van der Waals surface area contributed by atoms with Crippen molar-refractivity contribution >= 4 is 33.4 Å². The zero-order chi connectivity index (χ0) is 17.9. The summed E-state index contributed by atoms with van der Waals surface area (Å²) in [5.74, 6) is 0.454. The van der Waals surface area contributed by atoms with Crippen molar-refractivity contribution in [2.24, 2.45) is 0 Å². The fourth-order valence-electron chi connectivity index (χ4n) is 2.86. The molecule has 0 radical (unpaired) electrons. The van der Waals surface area contributed by atoms with Crippen LogP contribution in [0.25, 0.3) is 21.8 Å². The molecule has 26 heavy (non-hydrogen) atoms. The van der Waals surface area contributed by atoms with Gasteiger partial charge in [-0.2, -0.15) is 0 Å². The highest BCUT2D eigenvalue weighted by atomic mass is 35.5. The van der Waals surface area contributed by atoms with Crippen LogP contribution in [0.3, 0.4) is 0 Å². The van der Waals surface area contributed by atoms with Crippen LogP contribution in [0.1, 0.15) is 11.4 Å². The molecule has 2 heterocycles. The highest BCUT2D eigenvalue weighted by molar-refractivity contribution is 6.31. The summed E-state index contributed by atoms with van der Waals surface area (Å²) in [7, 11) is 0. The number of nitrogens with zero attached hydrogens (tertiary/aromatic N) is 2. The molecule has 0 bridgehead atoms. The molecule has 2 aromatic carbocycles. The molecule has 0 fully saturated rings. The molecule has 0 atom stereocenters. The van der Waals surface area contributed by atoms with E-state index in [9.17, 15) is 4.79 Å². The number of H-pyrrole nitrogens is 1. The van der Waals surface area contributed by atoms with Crippen molar-refractivity contribution < 1.29 is 4.74 Å². The average Bonchev–Trinajstić information content (AvgIpc) is 2.66. The number of halogens is 1. The molecule has 4 rings (SSSR count). The van der Waals surface area contributed by atoms with E-state index in [0.717, 1.165) is 6.42 Å². The Balaban J connectivity index is 1.40. The van der Waals surface area contributed by atoms with Gasteiger partial charge in [-0.3, -0.25) is 4.79 Å². The number of ether oxygens (including phenoxy) is 1. The smallest absolute Gasteiger partial charge is 0.260 e. The minimum absolute atomic E-state index is 0.225. The first-order chi connectivity index (χ1) is 12.7. The van der Waals surface area contributed by atoms with Crippen LogP contribution in [0.4, 0.5) is 0 Å². The molecule has 2 aromatic heterocycles. The first-order valence-electron chi connectivity index (χ1n) is 8.29. The van der Waals surface area contributed by atoms with Gasteiger partial charge in [0.2, 0.25) is 0 Å². The molecular weight excluding hydrogens is 350 g/mol. The van der Waals surface area contributed by atoms with Crippen LogP contribution in [0.15, 0.2) is 59.5 Å². The van der Waals surface area contributed by atoms with E-state index in [2.05, 4.69) is 45.3 Å². The third-order valence-corrected chi connectivity index (χ3v) is 4.37. The number of aromatic nitrogens is 3. The molecule has 0 saturated heterocycles. The molecule has 0 amide bonds. The van der Waals surface area contributed by atoms with E-state index in [4.69, 9.17) is 16.3 Å². The van der Waals surface area contributed by atoms with Crippen LogP contribution < -0.4 is 5.56 Å². The Morgan fingerprint density at radius 2 is 1.92 bits per heavy atom. The maximum absolute atomic E-state index is 12.1. The molecule has 1 N–H and O–H groups in total. The highest BCUT2D eigenvalue weighted by Gasteiger charge is 2.06. The predicted molar refractivity (Wildman–Crippen MR) is 102 cm³/mol.